The first-order valence-electron chi connectivity index (χ1n) is 7.23. The van der Waals surface area contributed by atoms with E-state index in [0.29, 0.717) is 11.2 Å². The summed E-state index contributed by atoms with van der Waals surface area (Å²) in [5.74, 6) is 0. The standard InChI is InChI=1S/C16H19N3S/c20-16(18-13-7-2-1-3-8-13)19-14-10-12-6-4-5-9-15(12)17-11-14/h4-6,9-11,13H,1-3,7-8H2,(H2,18,19,20). The Labute approximate surface area is 124 Å². The predicted molar refractivity (Wildman–Crippen MR) is 88.0 cm³/mol. The molecule has 20 heavy (non-hydrogen) atoms. The largest absolute Gasteiger partial charge is 0.360 e. The van der Waals surface area contributed by atoms with Crippen LogP contribution in [0.15, 0.2) is 36.5 Å². The summed E-state index contributed by atoms with van der Waals surface area (Å²) in [6.07, 6.45) is 8.23. The van der Waals surface area contributed by atoms with Crippen LogP contribution >= 0.6 is 12.2 Å². The summed E-state index contributed by atoms with van der Waals surface area (Å²) < 4.78 is 0. The van der Waals surface area contributed by atoms with Gasteiger partial charge in [-0.05, 0) is 37.2 Å². The first-order valence-corrected chi connectivity index (χ1v) is 7.64. The van der Waals surface area contributed by atoms with E-state index in [4.69, 9.17) is 12.2 Å². The number of anilines is 1. The third-order valence-electron chi connectivity index (χ3n) is 3.79. The molecule has 4 heteroatoms. The number of benzene rings is 1. The number of para-hydroxylation sites is 1. The molecule has 3 nitrogen and oxygen atoms in total. The van der Waals surface area contributed by atoms with E-state index in [2.05, 4.69) is 27.8 Å². The van der Waals surface area contributed by atoms with Crippen LogP contribution < -0.4 is 10.6 Å². The van der Waals surface area contributed by atoms with E-state index < -0.39 is 0 Å². The lowest BCUT2D eigenvalue weighted by Gasteiger charge is -2.24. The van der Waals surface area contributed by atoms with E-state index in [1.807, 2.05) is 24.4 Å². The van der Waals surface area contributed by atoms with Crippen molar-refractivity contribution in [3.05, 3.63) is 36.5 Å². The molecule has 1 saturated carbocycles. The lowest BCUT2D eigenvalue weighted by Crippen LogP contribution is -2.38. The van der Waals surface area contributed by atoms with Gasteiger partial charge in [-0.2, -0.15) is 0 Å². The molecule has 0 radical (unpaired) electrons. The second kappa shape index (κ2) is 6.18. The van der Waals surface area contributed by atoms with Gasteiger partial charge in [0.05, 0.1) is 17.4 Å². The topological polar surface area (TPSA) is 37.0 Å². The Balaban J connectivity index is 1.64. The number of fused-ring (bicyclic) bond motifs is 1. The van der Waals surface area contributed by atoms with E-state index in [9.17, 15) is 0 Å². The van der Waals surface area contributed by atoms with Crippen molar-refractivity contribution in [2.45, 2.75) is 38.1 Å². The van der Waals surface area contributed by atoms with Crippen LogP contribution in [0.2, 0.25) is 0 Å². The number of nitrogens with zero attached hydrogens (tertiary/aromatic N) is 1. The summed E-state index contributed by atoms with van der Waals surface area (Å²) in [5.41, 5.74) is 1.95. The van der Waals surface area contributed by atoms with Crippen molar-refractivity contribution in [3.63, 3.8) is 0 Å². The number of hydrogen-bond donors (Lipinski definition) is 2. The number of hydrogen-bond acceptors (Lipinski definition) is 2. The quantitative estimate of drug-likeness (QED) is 0.822. The maximum atomic E-state index is 5.39. The van der Waals surface area contributed by atoms with Gasteiger partial charge < -0.3 is 10.6 Å². The smallest absolute Gasteiger partial charge is 0.171 e. The lowest BCUT2D eigenvalue weighted by molar-refractivity contribution is 0.415. The minimum Gasteiger partial charge on any atom is -0.360 e. The molecule has 2 N–H and O–H groups in total. The lowest BCUT2D eigenvalue weighted by atomic mass is 9.96. The van der Waals surface area contributed by atoms with E-state index in [-0.39, 0.29) is 0 Å². The highest BCUT2D eigenvalue weighted by Gasteiger charge is 2.13. The van der Waals surface area contributed by atoms with Gasteiger partial charge in [-0.1, -0.05) is 37.5 Å². The van der Waals surface area contributed by atoms with Crippen LogP contribution in [0.1, 0.15) is 32.1 Å². The SMILES string of the molecule is S=C(Nc1cnc2ccccc2c1)NC1CCCCC1. The molecular formula is C16H19N3S. The van der Waals surface area contributed by atoms with Crippen molar-refractivity contribution in [2.24, 2.45) is 0 Å². The Morgan fingerprint density at radius 1 is 1.15 bits per heavy atom. The number of thiocarbonyl (C=S) groups is 1. The van der Waals surface area contributed by atoms with Crippen molar-refractivity contribution in [2.75, 3.05) is 5.32 Å². The van der Waals surface area contributed by atoms with Gasteiger partial charge >= 0.3 is 0 Å². The summed E-state index contributed by atoms with van der Waals surface area (Å²) in [4.78, 5) is 4.43. The number of rotatable bonds is 2. The zero-order chi connectivity index (χ0) is 13.8. The monoisotopic (exact) mass is 285 g/mol. The average molecular weight is 285 g/mol. The van der Waals surface area contributed by atoms with Gasteiger partial charge in [0, 0.05) is 11.4 Å². The molecule has 3 rings (SSSR count). The summed E-state index contributed by atoms with van der Waals surface area (Å²) in [7, 11) is 0. The fraction of sp³-hybridized carbons (Fsp3) is 0.375. The molecule has 0 unspecified atom stereocenters. The van der Waals surface area contributed by atoms with Gasteiger partial charge in [-0.3, -0.25) is 4.98 Å². The second-order valence-corrected chi connectivity index (χ2v) is 5.76. The molecule has 1 aromatic heterocycles. The molecule has 0 atom stereocenters. The van der Waals surface area contributed by atoms with E-state index in [1.165, 1.54) is 32.1 Å². The molecule has 1 fully saturated rings. The van der Waals surface area contributed by atoms with Gasteiger partial charge in [0.2, 0.25) is 0 Å². The highest BCUT2D eigenvalue weighted by atomic mass is 32.1. The third-order valence-corrected chi connectivity index (χ3v) is 4.01. The maximum absolute atomic E-state index is 5.39. The van der Waals surface area contributed by atoms with Crippen LogP contribution in [0.3, 0.4) is 0 Å². The number of nitrogens with one attached hydrogen (secondary N) is 2. The second-order valence-electron chi connectivity index (χ2n) is 5.35. The van der Waals surface area contributed by atoms with Crippen molar-refractivity contribution in [1.29, 1.82) is 0 Å². The highest BCUT2D eigenvalue weighted by molar-refractivity contribution is 7.80. The Kier molecular flexibility index (Phi) is 4.11. The molecule has 0 spiro atoms. The normalized spacial score (nSPS) is 16.0. The van der Waals surface area contributed by atoms with Crippen LogP contribution in [0.5, 0.6) is 0 Å². The summed E-state index contributed by atoms with van der Waals surface area (Å²) >= 11 is 5.39. The molecule has 1 aliphatic rings. The van der Waals surface area contributed by atoms with Gasteiger partial charge in [-0.25, -0.2) is 0 Å². The molecular weight excluding hydrogens is 266 g/mol. The zero-order valence-corrected chi connectivity index (χ0v) is 12.2. The molecule has 2 aromatic rings. The van der Waals surface area contributed by atoms with Crippen LogP contribution in [0.4, 0.5) is 5.69 Å². The van der Waals surface area contributed by atoms with Gasteiger partial charge in [0.1, 0.15) is 0 Å². The fourth-order valence-electron chi connectivity index (χ4n) is 2.74. The average Bonchev–Trinajstić information content (AvgIpc) is 2.48. The Morgan fingerprint density at radius 3 is 2.80 bits per heavy atom. The minimum absolute atomic E-state index is 0.525. The Morgan fingerprint density at radius 2 is 1.95 bits per heavy atom. The van der Waals surface area contributed by atoms with Crippen LogP contribution in [0, 0.1) is 0 Å². The van der Waals surface area contributed by atoms with Gasteiger partial charge in [-0.15, -0.1) is 0 Å². The molecule has 1 heterocycles. The number of pyridine rings is 1. The predicted octanol–water partition coefficient (Wildman–Crippen LogP) is 3.85. The van der Waals surface area contributed by atoms with E-state index in [1.54, 1.807) is 0 Å². The number of aromatic nitrogens is 1. The molecule has 1 aliphatic carbocycles. The molecule has 0 bridgehead atoms. The summed E-state index contributed by atoms with van der Waals surface area (Å²) in [5, 5.41) is 8.47. The molecule has 1 aromatic carbocycles. The molecule has 0 aliphatic heterocycles. The minimum atomic E-state index is 0.525. The first kappa shape index (κ1) is 13.3. The van der Waals surface area contributed by atoms with Crippen molar-refractivity contribution < 1.29 is 0 Å². The van der Waals surface area contributed by atoms with Crippen molar-refractivity contribution in [3.8, 4) is 0 Å². The first-order chi connectivity index (χ1) is 9.81. The molecule has 0 saturated heterocycles. The van der Waals surface area contributed by atoms with Crippen molar-refractivity contribution in [1.82, 2.24) is 10.3 Å². The summed E-state index contributed by atoms with van der Waals surface area (Å²) in [6.45, 7) is 0. The highest BCUT2D eigenvalue weighted by Crippen LogP contribution is 2.18. The van der Waals surface area contributed by atoms with Gasteiger partial charge in [0.15, 0.2) is 5.11 Å². The van der Waals surface area contributed by atoms with E-state index in [0.717, 1.165) is 16.6 Å². The van der Waals surface area contributed by atoms with Crippen LogP contribution in [0.25, 0.3) is 10.9 Å². The molecule has 0 amide bonds. The summed E-state index contributed by atoms with van der Waals surface area (Å²) in [6, 6.07) is 10.7. The third kappa shape index (κ3) is 3.25. The van der Waals surface area contributed by atoms with Crippen LogP contribution in [-0.4, -0.2) is 16.1 Å². The van der Waals surface area contributed by atoms with Crippen LogP contribution in [-0.2, 0) is 0 Å². The fourth-order valence-corrected chi connectivity index (χ4v) is 3.02. The Hall–Kier alpha value is -1.68. The maximum Gasteiger partial charge on any atom is 0.171 e. The molecule has 104 valence electrons. The van der Waals surface area contributed by atoms with Crippen molar-refractivity contribution >= 4 is 33.9 Å². The van der Waals surface area contributed by atoms with Gasteiger partial charge in [0.25, 0.3) is 0 Å². The van der Waals surface area contributed by atoms with E-state index >= 15 is 0 Å². The zero-order valence-electron chi connectivity index (χ0n) is 11.4. The Bertz CT molecular complexity index is 605.